The molecule has 1 unspecified atom stereocenters. The van der Waals surface area contributed by atoms with Gasteiger partial charge in [0.15, 0.2) is 20.8 Å². The van der Waals surface area contributed by atoms with Gasteiger partial charge in [-0.15, -0.1) is 10.2 Å². The molecule has 27 heavy (non-hydrogen) atoms. The van der Waals surface area contributed by atoms with Gasteiger partial charge in [0.2, 0.25) is 0 Å². The van der Waals surface area contributed by atoms with E-state index >= 15 is 0 Å². The van der Waals surface area contributed by atoms with Gasteiger partial charge in [-0.05, 0) is 30.7 Å². The monoisotopic (exact) mass is 401 g/mol. The number of benzene rings is 2. The summed E-state index contributed by atoms with van der Waals surface area (Å²) < 4.78 is 30.9. The number of aromatic nitrogens is 3. The first-order valence-corrected chi connectivity index (χ1v) is 11.3. The summed E-state index contributed by atoms with van der Waals surface area (Å²) in [6.07, 6.45) is 0.642. The fourth-order valence-corrected chi connectivity index (χ4v) is 6.59. The van der Waals surface area contributed by atoms with E-state index < -0.39 is 9.84 Å². The molecule has 3 aromatic rings. The highest BCUT2D eigenvalue weighted by Gasteiger charge is 2.30. The Hall–Kier alpha value is -2.32. The summed E-state index contributed by atoms with van der Waals surface area (Å²) in [5, 5.41) is 9.46. The van der Waals surface area contributed by atoms with E-state index in [2.05, 4.69) is 10.2 Å². The van der Waals surface area contributed by atoms with Crippen LogP contribution in [0.3, 0.4) is 0 Å². The minimum atomic E-state index is -2.94. The molecule has 1 atom stereocenters. The molecule has 1 aliphatic heterocycles. The molecule has 1 aromatic heterocycles. The van der Waals surface area contributed by atoms with E-state index in [-0.39, 0.29) is 16.8 Å². The van der Waals surface area contributed by atoms with Gasteiger partial charge >= 0.3 is 0 Å². The maximum atomic E-state index is 11.8. The Balaban J connectivity index is 1.76. The Labute approximate surface area is 162 Å². The number of hydrogen-bond acceptors (Lipinski definition) is 6. The van der Waals surface area contributed by atoms with Crippen molar-refractivity contribution in [3.05, 3.63) is 54.6 Å². The second kappa shape index (κ2) is 7.36. The summed E-state index contributed by atoms with van der Waals surface area (Å²) in [5.41, 5.74) is 1.86. The van der Waals surface area contributed by atoms with Crippen LogP contribution < -0.4 is 4.74 Å². The molecule has 0 aliphatic carbocycles. The van der Waals surface area contributed by atoms with Crippen LogP contribution >= 0.6 is 11.8 Å². The quantitative estimate of drug-likeness (QED) is 0.654. The number of methoxy groups -OCH3 is 1. The molecule has 2 aromatic carbocycles. The summed E-state index contributed by atoms with van der Waals surface area (Å²) >= 11 is 1.48. The molecule has 2 heterocycles. The molecular weight excluding hydrogens is 382 g/mol. The standard InChI is InChI=1S/C19H19N3O3S2/c1-25-16-9-7-15(8-10-16)22-18(14-5-3-2-4-6-14)20-21-19(22)26-17-11-12-27(23,24)13-17/h2-10,17H,11-13H2,1H3. The van der Waals surface area contributed by atoms with Crippen molar-refractivity contribution < 1.29 is 13.2 Å². The average molecular weight is 402 g/mol. The minimum Gasteiger partial charge on any atom is -0.497 e. The van der Waals surface area contributed by atoms with E-state index in [9.17, 15) is 8.42 Å². The lowest BCUT2D eigenvalue weighted by molar-refractivity contribution is 0.414. The van der Waals surface area contributed by atoms with Crippen molar-refractivity contribution in [3.8, 4) is 22.8 Å². The first-order chi connectivity index (χ1) is 13.1. The van der Waals surface area contributed by atoms with Crippen molar-refractivity contribution in [1.82, 2.24) is 14.8 Å². The largest absolute Gasteiger partial charge is 0.497 e. The lowest BCUT2D eigenvalue weighted by Gasteiger charge is -2.13. The maximum absolute atomic E-state index is 11.8. The molecule has 1 fully saturated rings. The lowest BCUT2D eigenvalue weighted by Crippen LogP contribution is -2.08. The van der Waals surface area contributed by atoms with Crippen LogP contribution in [-0.2, 0) is 9.84 Å². The zero-order valence-electron chi connectivity index (χ0n) is 14.8. The lowest BCUT2D eigenvalue weighted by atomic mass is 10.2. The van der Waals surface area contributed by atoms with E-state index in [1.165, 1.54) is 11.8 Å². The molecule has 140 valence electrons. The minimum absolute atomic E-state index is 0.000165. The first kappa shape index (κ1) is 18.1. The smallest absolute Gasteiger partial charge is 0.196 e. The van der Waals surface area contributed by atoms with E-state index in [0.29, 0.717) is 11.6 Å². The van der Waals surface area contributed by atoms with Crippen LogP contribution in [0.1, 0.15) is 6.42 Å². The van der Waals surface area contributed by atoms with Crippen LogP contribution in [0.4, 0.5) is 0 Å². The summed E-state index contributed by atoms with van der Waals surface area (Å²) in [5.74, 6) is 1.93. The summed E-state index contributed by atoms with van der Waals surface area (Å²) in [6, 6.07) is 17.5. The predicted octanol–water partition coefficient (Wildman–Crippen LogP) is 3.22. The summed E-state index contributed by atoms with van der Waals surface area (Å²) in [4.78, 5) is 0. The van der Waals surface area contributed by atoms with Gasteiger partial charge in [0.25, 0.3) is 0 Å². The van der Waals surface area contributed by atoms with Gasteiger partial charge in [-0.25, -0.2) is 8.42 Å². The summed E-state index contributed by atoms with van der Waals surface area (Å²) in [6.45, 7) is 0. The van der Waals surface area contributed by atoms with Gasteiger partial charge < -0.3 is 4.74 Å². The van der Waals surface area contributed by atoms with Crippen LogP contribution in [0.15, 0.2) is 59.8 Å². The van der Waals surface area contributed by atoms with Gasteiger partial charge in [-0.2, -0.15) is 0 Å². The number of thioether (sulfide) groups is 1. The molecule has 0 amide bonds. The third-order valence-electron chi connectivity index (χ3n) is 4.46. The average Bonchev–Trinajstić information content (AvgIpc) is 3.25. The maximum Gasteiger partial charge on any atom is 0.196 e. The van der Waals surface area contributed by atoms with Crippen molar-refractivity contribution in [3.63, 3.8) is 0 Å². The van der Waals surface area contributed by atoms with Crippen molar-refractivity contribution in [1.29, 1.82) is 0 Å². The Morgan fingerprint density at radius 1 is 1.07 bits per heavy atom. The van der Waals surface area contributed by atoms with Crippen molar-refractivity contribution >= 4 is 21.6 Å². The highest BCUT2D eigenvalue weighted by molar-refractivity contribution is 8.01. The number of ether oxygens (including phenoxy) is 1. The van der Waals surface area contributed by atoms with Crippen molar-refractivity contribution in [2.24, 2.45) is 0 Å². The zero-order valence-corrected chi connectivity index (χ0v) is 16.4. The van der Waals surface area contributed by atoms with Gasteiger partial charge in [0, 0.05) is 16.5 Å². The molecule has 1 aliphatic rings. The van der Waals surface area contributed by atoms with Crippen LogP contribution in [-0.4, -0.2) is 47.0 Å². The van der Waals surface area contributed by atoms with Gasteiger partial charge in [0.05, 0.1) is 18.6 Å². The molecule has 6 nitrogen and oxygen atoms in total. The van der Waals surface area contributed by atoms with Crippen molar-refractivity contribution in [2.75, 3.05) is 18.6 Å². The molecule has 4 rings (SSSR count). The second-order valence-corrected chi connectivity index (χ2v) is 9.84. The SMILES string of the molecule is COc1ccc(-n2c(SC3CCS(=O)(=O)C3)nnc2-c2ccccc2)cc1. The number of hydrogen-bond donors (Lipinski definition) is 0. The third kappa shape index (κ3) is 3.86. The molecule has 0 radical (unpaired) electrons. The molecular formula is C19H19N3O3S2. The van der Waals surface area contributed by atoms with E-state index in [1.807, 2.05) is 59.2 Å². The molecule has 1 saturated heterocycles. The third-order valence-corrected chi connectivity index (χ3v) is 7.65. The molecule has 0 N–H and O–H groups in total. The highest BCUT2D eigenvalue weighted by atomic mass is 32.2. The Kier molecular flexibility index (Phi) is 4.92. The normalized spacial score (nSPS) is 18.5. The Morgan fingerprint density at radius 2 is 1.81 bits per heavy atom. The summed E-state index contributed by atoms with van der Waals surface area (Å²) in [7, 11) is -1.31. The van der Waals surface area contributed by atoms with E-state index in [0.717, 1.165) is 22.8 Å². The number of nitrogens with zero attached hydrogens (tertiary/aromatic N) is 3. The first-order valence-electron chi connectivity index (χ1n) is 8.58. The van der Waals surface area contributed by atoms with E-state index in [4.69, 9.17) is 4.74 Å². The Morgan fingerprint density at radius 3 is 2.44 bits per heavy atom. The van der Waals surface area contributed by atoms with Crippen LogP contribution in [0.5, 0.6) is 5.75 Å². The fraction of sp³-hybridized carbons (Fsp3) is 0.263. The fourth-order valence-electron chi connectivity index (χ4n) is 3.09. The van der Waals surface area contributed by atoms with Gasteiger partial charge in [-0.1, -0.05) is 42.1 Å². The topological polar surface area (TPSA) is 74.1 Å². The molecule has 0 bridgehead atoms. The van der Waals surface area contributed by atoms with Gasteiger partial charge in [-0.3, -0.25) is 4.57 Å². The van der Waals surface area contributed by atoms with E-state index in [1.54, 1.807) is 7.11 Å². The zero-order chi connectivity index (χ0) is 18.9. The Bertz CT molecular complexity index is 1030. The van der Waals surface area contributed by atoms with Crippen LogP contribution in [0, 0.1) is 0 Å². The predicted molar refractivity (Wildman–Crippen MR) is 106 cm³/mol. The highest BCUT2D eigenvalue weighted by Crippen LogP contribution is 2.34. The molecule has 0 saturated carbocycles. The molecule has 0 spiro atoms. The van der Waals surface area contributed by atoms with Gasteiger partial charge in [0.1, 0.15) is 5.75 Å². The molecule has 8 heteroatoms. The number of rotatable bonds is 5. The van der Waals surface area contributed by atoms with Crippen LogP contribution in [0.25, 0.3) is 17.1 Å². The second-order valence-electron chi connectivity index (χ2n) is 6.35. The van der Waals surface area contributed by atoms with Crippen molar-refractivity contribution in [2.45, 2.75) is 16.8 Å². The number of sulfone groups is 1. The van der Waals surface area contributed by atoms with Crippen LogP contribution in [0.2, 0.25) is 0 Å².